The molecule has 0 saturated carbocycles. The van der Waals surface area contributed by atoms with Gasteiger partial charge in [-0.05, 0) is 11.6 Å². The van der Waals surface area contributed by atoms with Gasteiger partial charge >= 0.3 is 5.82 Å². The second-order valence-corrected chi connectivity index (χ2v) is 7.00. The fourth-order valence-electron chi connectivity index (χ4n) is 3.07. The second-order valence-electron chi connectivity index (χ2n) is 7.00. The zero-order chi connectivity index (χ0) is 23.4. The normalized spacial score (nSPS) is 10.6. The van der Waals surface area contributed by atoms with Crippen molar-refractivity contribution in [3.8, 4) is 28.8 Å². The van der Waals surface area contributed by atoms with Crippen LogP contribution in [0.1, 0.15) is 5.56 Å². The van der Waals surface area contributed by atoms with Crippen LogP contribution in [0.25, 0.3) is 11.4 Å². The molecule has 33 heavy (non-hydrogen) atoms. The molecule has 2 heterocycles. The molecule has 0 unspecified atom stereocenters. The number of aromatic nitrogens is 4. The van der Waals surface area contributed by atoms with Crippen molar-refractivity contribution < 1.29 is 23.2 Å². The van der Waals surface area contributed by atoms with E-state index in [0.29, 0.717) is 12.4 Å². The van der Waals surface area contributed by atoms with Gasteiger partial charge in [0.05, 0.1) is 24.6 Å². The molecule has 9 nitrogen and oxygen atoms in total. The quantitative estimate of drug-likeness (QED) is 0.283. The first-order valence-corrected chi connectivity index (χ1v) is 9.67. The summed E-state index contributed by atoms with van der Waals surface area (Å²) in [6.45, 7) is 0.319. The van der Waals surface area contributed by atoms with Crippen molar-refractivity contribution in [2.24, 2.45) is 12.2 Å². The standard InChI is InChI=1S/C22H17F2N7O2/c1-31-12-19(33-18-7-15(23)6-16(24)8-18)29-21(22(31)30-25)26-9-13-3-2-4-14(5-13)20-27-10-17(32)11-28-20/h2-8,10-12H,9H2,1H3,(H2-,25,26,29,32)/p+1. The summed E-state index contributed by atoms with van der Waals surface area (Å²) in [6.07, 6.45) is 4.08. The van der Waals surface area contributed by atoms with Gasteiger partial charge in [-0.1, -0.05) is 23.7 Å². The number of aryl methyl sites for hydroxylation is 1. The molecule has 0 atom stereocenters. The van der Waals surface area contributed by atoms with Gasteiger partial charge in [-0.25, -0.2) is 23.3 Å². The molecule has 0 aliphatic rings. The van der Waals surface area contributed by atoms with E-state index in [0.717, 1.165) is 29.3 Å². The van der Waals surface area contributed by atoms with Gasteiger partial charge in [0, 0.05) is 30.3 Å². The monoisotopic (exact) mass is 450 g/mol. The molecule has 166 valence electrons. The minimum atomic E-state index is -0.775. The lowest BCUT2D eigenvalue weighted by atomic mass is 10.1. The first kappa shape index (κ1) is 21.7. The van der Waals surface area contributed by atoms with Gasteiger partial charge in [-0.2, -0.15) is 4.98 Å². The molecule has 0 radical (unpaired) electrons. The van der Waals surface area contributed by atoms with E-state index in [1.807, 2.05) is 24.3 Å². The van der Waals surface area contributed by atoms with Gasteiger partial charge in [0.15, 0.2) is 17.8 Å². The Hall–Kier alpha value is -4.54. The Kier molecular flexibility index (Phi) is 6.11. The summed E-state index contributed by atoms with van der Waals surface area (Å²) in [5, 5.41) is 16.0. The van der Waals surface area contributed by atoms with Crippen LogP contribution < -0.4 is 14.6 Å². The van der Waals surface area contributed by atoms with E-state index >= 15 is 0 Å². The van der Waals surface area contributed by atoms with Crippen LogP contribution >= 0.6 is 0 Å². The third kappa shape index (κ3) is 5.21. The smallest absolute Gasteiger partial charge is 0.392 e. The van der Waals surface area contributed by atoms with Gasteiger partial charge in [0.2, 0.25) is 5.82 Å². The van der Waals surface area contributed by atoms with E-state index in [4.69, 9.17) is 10.3 Å². The molecular weight excluding hydrogens is 432 g/mol. The average molecular weight is 450 g/mol. The van der Waals surface area contributed by atoms with E-state index < -0.39 is 11.6 Å². The lowest BCUT2D eigenvalue weighted by Crippen LogP contribution is -2.29. The molecule has 0 aliphatic heterocycles. The zero-order valence-electron chi connectivity index (χ0n) is 17.3. The summed E-state index contributed by atoms with van der Waals surface area (Å²) >= 11 is 0. The van der Waals surface area contributed by atoms with Crippen LogP contribution in [-0.2, 0) is 13.6 Å². The van der Waals surface area contributed by atoms with Crippen LogP contribution in [0.2, 0.25) is 0 Å². The number of anilines is 1. The largest absolute Gasteiger partial charge is 0.505 e. The van der Waals surface area contributed by atoms with Crippen molar-refractivity contribution in [1.82, 2.24) is 15.0 Å². The van der Waals surface area contributed by atoms with Crippen LogP contribution in [0.5, 0.6) is 17.4 Å². The average Bonchev–Trinajstić information content (AvgIpc) is 2.77. The molecule has 0 fully saturated rings. The first-order chi connectivity index (χ1) is 15.9. The molecule has 2 aromatic carbocycles. The Bertz CT molecular complexity index is 1300. The molecule has 0 aliphatic carbocycles. The topological polar surface area (TPSA) is 120 Å². The lowest BCUT2D eigenvalue weighted by molar-refractivity contribution is -0.658. The molecule has 4 aromatic rings. The highest BCUT2D eigenvalue weighted by atomic mass is 19.1. The van der Waals surface area contributed by atoms with Crippen LogP contribution in [0, 0.1) is 17.2 Å². The fraction of sp³-hybridized carbons (Fsp3) is 0.0909. The molecule has 0 bridgehead atoms. The van der Waals surface area contributed by atoms with Crippen molar-refractivity contribution in [1.29, 1.82) is 5.53 Å². The van der Waals surface area contributed by atoms with Crippen LogP contribution in [0.15, 0.2) is 66.2 Å². The summed E-state index contributed by atoms with van der Waals surface area (Å²) in [5.41, 5.74) is 9.08. The highest BCUT2D eigenvalue weighted by molar-refractivity contribution is 5.57. The maximum Gasteiger partial charge on any atom is 0.392 e. The van der Waals surface area contributed by atoms with Crippen molar-refractivity contribution in [2.75, 3.05) is 5.32 Å². The summed E-state index contributed by atoms with van der Waals surface area (Å²) in [6, 6.07) is 10.2. The third-order valence-corrected chi connectivity index (χ3v) is 4.52. The fourth-order valence-corrected chi connectivity index (χ4v) is 3.07. The number of rotatable bonds is 7. The highest BCUT2D eigenvalue weighted by Crippen LogP contribution is 2.26. The molecule has 0 spiro atoms. The van der Waals surface area contributed by atoms with Crippen molar-refractivity contribution in [3.63, 3.8) is 0 Å². The maximum atomic E-state index is 13.5. The van der Waals surface area contributed by atoms with Gasteiger partial charge < -0.3 is 15.2 Å². The van der Waals surface area contributed by atoms with E-state index in [1.165, 1.54) is 23.2 Å². The molecule has 0 amide bonds. The Morgan fingerprint density at radius 1 is 1.12 bits per heavy atom. The van der Waals surface area contributed by atoms with Crippen LogP contribution in [-0.4, -0.2) is 20.1 Å². The third-order valence-electron chi connectivity index (χ3n) is 4.52. The number of ether oxygens (including phenoxy) is 1. The van der Waals surface area contributed by atoms with E-state index in [9.17, 15) is 13.9 Å². The number of nitrogens with zero attached hydrogens (tertiary/aromatic N) is 5. The number of nitrogens with one attached hydrogen (secondary N) is 2. The first-order valence-electron chi connectivity index (χ1n) is 9.67. The Morgan fingerprint density at radius 2 is 1.85 bits per heavy atom. The van der Waals surface area contributed by atoms with E-state index in [1.54, 1.807) is 7.05 Å². The maximum absolute atomic E-state index is 13.5. The molecule has 4 rings (SSSR count). The van der Waals surface area contributed by atoms with Crippen molar-refractivity contribution in [2.45, 2.75) is 6.54 Å². The predicted octanol–water partition coefficient (Wildman–Crippen LogP) is 4.41. The van der Waals surface area contributed by atoms with Crippen molar-refractivity contribution in [3.05, 3.63) is 78.3 Å². The number of hydrogen-bond acceptors (Lipinski definition) is 8. The Morgan fingerprint density at radius 3 is 2.55 bits per heavy atom. The minimum absolute atomic E-state index is 0.0229. The molecule has 0 saturated heterocycles. The van der Waals surface area contributed by atoms with E-state index in [-0.39, 0.29) is 29.0 Å². The number of halogens is 2. The summed E-state index contributed by atoms with van der Waals surface area (Å²) in [7, 11) is 1.64. The van der Waals surface area contributed by atoms with Crippen LogP contribution in [0.3, 0.4) is 0 Å². The molecule has 11 heteroatoms. The number of aromatic hydroxyl groups is 1. The number of benzene rings is 2. The van der Waals surface area contributed by atoms with Gasteiger partial charge in [0.25, 0.3) is 5.88 Å². The lowest BCUT2D eigenvalue weighted by Gasteiger charge is -2.10. The predicted molar refractivity (Wildman–Crippen MR) is 113 cm³/mol. The van der Waals surface area contributed by atoms with E-state index in [2.05, 4.69) is 25.4 Å². The molecule has 2 aromatic heterocycles. The highest BCUT2D eigenvalue weighted by Gasteiger charge is 2.19. The van der Waals surface area contributed by atoms with Gasteiger partial charge in [-0.3, -0.25) is 0 Å². The summed E-state index contributed by atoms with van der Waals surface area (Å²) in [5.74, 6) is -0.638. The second kappa shape index (κ2) is 9.30. The minimum Gasteiger partial charge on any atom is -0.505 e. The SMILES string of the molecule is C[n+]1cc(Oc2cc(F)cc(F)c2)nc(NCc2cccc(-c3ncc(O)cn3)c2)c1N=N. The van der Waals surface area contributed by atoms with Crippen LogP contribution in [0.4, 0.5) is 20.4 Å². The molecular formula is C22H18F2N7O2+. The van der Waals surface area contributed by atoms with Gasteiger partial charge in [-0.15, -0.1) is 0 Å². The van der Waals surface area contributed by atoms with Crippen molar-refractivity contribution >= 4 is 11.6 Å². The Balaban J connectivity index is 1.57. The van der Waals surface area contributed by atoms with Gasteiger partial charge in [0.1, 0.15) is 17.4 Å². The Labute approximate surface area is 186 Å². The zero-order valence-corrected chi connectivity index (χ0v) is 17.3. The summed E-state index contributed by atoms with van der Waals surface area (Å²) in [4.78, 5) is 12.5. The number of hydrogen-bond donors (Lipinski definition) is 3. The molecule has 3 N–H and O–H groups in total. The summed E-state index contributed by atoms with van der Waals surface area (Å²) < 4.78 is 34.0.